The summed E-state index contributed by atoms with van der Waals surface area (Å²) in [7, 11) is 0. The topological polar surface area (TPSA) is 79.8 Å². The lowest BCUT2D eigenvalue weighted by Crippen LogP contribution is -2.34. The Morgan fingerprint density at radius 2 is 1.97 bits per heavy atom. The molecule has 160 valence electrons. The van der Waals surface area contributed by atoms with Gasteiger partial charge in [-0.25, -0.2) is 4.98 Å². The van der Waals surface area contributed by atoms with E-state index in [-0.39, 0.29) is 23.9 Å². The van der Waals surface area contributed by atoms with Crippen LogP contribution in [0.3, 0.4) is 0 Å². The number of aromatic nitrogens is 3. The molecule has 0 bridgehead atoms. The number of hydrogen-bond acceptors (Lipinski definition) is 4. The predicted molar refractivity (Wildman–Crippen MR) is 128 cm³/mol. The van der Waals surface area contributed by atoms with Crippen molar-refractivity contribution in [2.75, 3.05) is 6.54 Å². The minimum atomic E-state index is -0.220. The first-order chi connectivity index (χ1) is 15.6. The second-order valence-corrected chi connectivity index (χ2v) is 8.79. The van der Waals surface area contributed by atoms with Gasteiger partial charge in [-0.1, -0.05) is 36.4 Å². The summed E-state index contributed by atoms with van der Waals surface area (Å²) >= 11 is 1.67. The van der Waals surface area contributed by atoms with Crippen molar-refractivity contribution in [1.82, 2.24) is 19.9 Å². The Morgan fingerprint density at radius 3 is 2.81 bits per heavy atom. The second-order valence-electron chi connectivity index (χ2n) is 7.81. The maximum atomic E-state index is 12.8. The van der Waals surface area contributed by atoms with Crippen LogP contribution in [0.25, 0.3) is 21.8 Å². The number of aryl methyl sites for hydroxylation is 1. The van der Waals surface area contributed by atoms with Crippen molar-refractivity contribution in [3.8, 4) is 0 Å². The summed E-state index contributed by atoms with van der Waals surface area (Å²) in [4.78, 5) is 34.5. The number of amides is 1. The van der Waals surface area contributed by atoms with Gasteiger partial charge >= 0.3 is 0 Å². The molecule has 0 unspecified atom stereocenters. The third kappa shape index (κ3) is 3.71. The van der Waals surface area contributed by atoms with Gasteiger partial charge in [0, 0.05) is 34.4 Å². The first-order valence-electron chi connectivity index (χ1n) is 10.4. The Balaban J connectivity index is 1.37. The van der Waals surface area contributed by atoms with Crippen molar-refractivity contribution in [2.24, 2.45) is 0 Å². The van der Waals surface area contributed by atoms with Gasteiger partial charge in [-0.15, -0.1) is 11.3 Å². The van der Waals surface area contributed by atoms with Gasteiger partial charge in [-0.05, 0) is 41.6 Å². The van der Waals surface area contributed by atoms with E-state index in [0.717, 1.165) is 22.0 Å². The van der Waals surface area contributed by atoms with E-state index in [9.17, 15) is 9.59 Å². The second kappa shape index (κ2) is 8.43. The molecule has 0 saturated carbocycles. The summed E-state index contributed by atoms with van der Waals surface area (Å²) in [5.41, 5.74) is 3.61. The highest BCUT2D eigenvalue weighted by atomic mass is 32.1. The molecule has 1 amide bonds. The van der Waals surface area contributed by atoms with Gasteiger partial charge < -0.3 is 10.3 Å². The van der Waals surface area contributed by atoms with Crippen LogP contribution in [0.2, 0.25) is 0 Å². The van der Waals surface area contributed by atoms with Crippen LogP contribution < -0.4 is 10.9 Å². The Bertz CT molecular complexity index is 1470. The fourth-order valence-corrected chi connectivity index (χ4v) is 4.96. The molecule has 2 aromatic carbocycles. The third-order valence-electron chi connectivity index (χ3n) is 5.76. The van der Waals surface area contributed by atoms with E-state index >= 15 is 0 Å². The van der Waals surface area contributed by atoms with Crippen LogP contribution in [0, 0.1) is 6.92 Å². The molecule has 5 aromatic rings. The van der Waals surface area contributed by atoms with E-state index in [0.29, 0.717) is 17.4 Å². The molecule has 5 rings (SSSR count). The summed E-state index contributed by atoms with van der Waals surface area (Å²) < 4.78 is 1.36. The first kappa shape index (κ1) is 20.2. The van der Waals surface area contributed by atoms with Gasteiger partial charge in [0.1, 0.15) is 6.54 Å². The molecular formula is C25H22N4O2S. The van der Waals surface area contributed by atoms with Crippen LogP contribution in [0.15, 0.2) is 77.3 Å². The Hall–Kier alpha value is -3.71. The monoisotopic (exact) mass is 442 g/mol. The molecule has 32 heavy (non-hydrogen) atoms. The molecule has 0 fully saturated rings. The van der Waals surface area contributed by atoms with Crippen molar-refractivity contribution < 1.29 is 4.79 Å². The molecule has 0 saturated heterocycles. The van der Waals surface area contributed by atoms with Crippen molar-refractivity contribution in [3.63, 3.8) is 0 Å². The Morgan fingerprint density at radius 1 is 1.12 bits per heavy atom. The highest BCUT2D eigenvalue weighted by molar-refractivity contribution is 7.10. The van der Waals surface area contributed by atoms with Crippen LogP contribution in [0.5, 0.6) is 0 Å². The zero-order valence-electron chi connectivity index (χ0n) is 17.5. The van der Waals surface area contributed by atoms with Gasteiger partial charge in [-0.2, -0.15) is 0 Å². The lowest BCUT2D eigenvalue weighted by molar-refractivity contribution is -0.121. The van der Waals surface area contributed by atoms with E-state index in [1.165, 1.54) is 15.8 Å². The SMILES string of the molecule is Cc1cccc2c(=O)n(CC(=O)NC[C@H](c3cccs3)c3c[nH]c4ccccc34)cnc12. The molecule has 0 aliphatic heterocycles. The molecule has 0 aliphatic rings. The molecule has 3 aromatic heterocycles. The number of nitrogens with zero attached hydrogens (tertiary/aromatic N) is 2. The lowest BCUT2D eigenvalue weighted by Gasteiger charge is -2.17. The maximum absolute atomic E-state index is 12.8. The van der Waals surface area contributed by atoms with Crippen LogP contribution >= 0.6 is 11.3 Å². The Kier molecular flexibility index (Phi) is 5.33. The molecule has 3 heterocycles. The fourth-order valence-electron chi connectivity index (χ4n) is 4.11. The number of para-hydroxylation sites is 2. The molecule has 7 heteroatoms. The minimum absolute atomic E-state index is 0.0178. The van der Waals surface area contributed by atoms with Crippen LogP contribution in [-0.2, 0) is 11.3 Å². The van der Waals surface area contributed by atoms with Crippen molar-refractivity contribution in [3.05, 3.63) is 98.9 Å². The number of H-pyrrole nitrogens is 1. The summed E-state index contributed by atoms with van der Waals surface area (Å²) in [6, 6.07) is 17.8. The summed E-state index contributed by atoms with van der Waals surface area (Å²) in [5, 5.41) is 6.74. The number of carbonyl (C=O) groups excluding carboxylic acids is 1. The standard InChI is InChI=1S/C25H22N4O2S/c1-16-6-4-8-18-24(16)28-15-29(25(18)31)14-23(30)27-13-20(22-10-5-11-32-22)19-12-26-21-9-3-2-7-17(19)21/h2-12,15,20,26H,13-14H2,1H3,(H,27,30)/t20-/m0/s1. The van der Waals surface area contributed by atoms with Crippen LogP contribution in [-0.4, -0.2) is 27.0 Å². The zero-order valence-corrected chi connectivity index (χ0v) is 18.4. The fraction of sp³-hybridized carbons (Fsp3) is 0.160. The average Bonchev–Trinajstić information content (AvgIpc) is 3.47. The number of nitrogens with one attached hydrogen (secondary N) is 2. The lowest BCUT2D eigenvalue weighted by atomic mass is 9.96. The smallest absolute Gasteiger partial charge is 0.261 e. The molecule has 0 spiro atoms. The number of carbonyl (C=O) groups is 1. The molecule has 0 aliphatic carbocycles. The summed E-state index contributed by atoms with van der Waals surface area (Å²) in [6.07, 6.45) is 3.47. The zero-order chi connectivity index (χ0) is 22.1. The van der Waals surface area contributed by atoms with Gasteiger partial charge in [0.2, 0.25) is 5.91 Å². The number of fused-ring (bicyclic) bond motifs is 2. The summed E-state index contributed by atoms with van der Waals surface area (Å²) in [6.45, 7) is 2.29. The molecule has 6 nitrogen and oxygen atoms in total. The van der Waals surface area contributed by atoms with Gasteiger partial charge in [-0.3, -0.25) is 14.2 Å². The van der Waals surface area contributed by atoms with Crippen molar-refractivity contribution in [1.29, 1.82) is 0 Å². The third-order valence-corrected chi connectivity index (χ3v) is 6.74. The molecule has 1 atom stereocenters. The van der Waals surface area contributed by atoms with Crippen molar-refractivity contribution >= 4 is 39.0 Å². The average molecular weight is 443 g/mol. The number of rotatable bonds is 6. The van der Waals surface area contributed by atoms with E-state index < -0.39 is 0 Å². The first-order valence-corrected chi connectivity index (χ1v) is 11.3. The molecule has 0 radical (unpaired) electrons. The highest BCUT2D eigenvalue weighted by Gasteiger charge is 2.20. The normalized spacial score (nSPS) is 12.3. The Labute approximate surface area is 188 Å². The van der Waals surface area contributed by atoms with Gasteiger partial charge in [0.15, 0.2) is 0 Å². The van der Waals surface area contributed by atoms with Gasteiger partial charge in [0.05, 0.1) is 17.2 Å². The maximum Gasteiger partial charge on any atom is 0.261 e. The molecule has 2 N–H and O–H groups in total. The van der Waals surface area contributed by atoms with Gasteiger partial charge in [0.25, 0.3) is 5.56 Å². The quantitative estimate of drug-likeness (QED) is 0.414. The number of hydrogen-bond donors (Lipinski definition) is 2. The largest absolute Gasteiger partial charge is 0.361 e. The minimum Gasteiger partial charge on any atom is -0.361 e. The highest BCUT2D eigenvalue weighted by Crippen LogP contribution is 2.32. The number of aromatic amines is 1. The predicted octanol–water partition coefficient (Wildman–Crippen LogP) is 4.20. The van der Waals surface area contributed by atoms with E-state index in [1.54, 1.807) is 17.4 Å². The van der Waals surface area contributed by atoms with Crippen LogP contribution in [0.4, 0.5) is 0 Å². The molecular weight excluding hydrogens is 420 g/mol. The van der Waals surface area contributed by atoms with E-state index in [1.807, 2.05) is 54.9 Å². The summed E-state index contributed by atoms with van der Waals surface area (Å²) in [5.74, 6) is -0.202. The number of benzene rings is 2. The van der Waals surface area contributed by atoms with E-state index in [4.69, 9.17) is 0 Å². The van der Waals surface area contributed by atoms with E-state index in [2.05, 4.69) is 27.4 Å². The number of thiophene rings is 1. The van der Waals surface area contributed by atoms with Crippen LogP contribution in [0.1, 0.15) is 21.9 Å². The van der Waals surface area contributed by atoms with Crippen molar-refractivity contribution in [2.45, 2.75) is 19.4 Å².